The topological polar surface area (TPSA) is 78.3 Å². The number of hydrogen-bond donors (Lipinski definition) is 2. The molecule has 0 amide bonds. The van der Waals surface area contributed by atoms with Crippen LogP contribution in [0.15, 0.2) is 0 Å². The third kappa shape index (κ3) is 5.09. The number of ether oxygens (including phenoxy) is 1. The SMILES string of the molecule is [CH2]OC(=O)C(N)CCCCCN. The Morgan fingerprint density at radius 1 is 1.42 bits per heavy atom. The monoisotopic (exact) mass is 173 g/mol. The molecule has 0 fully saturated rings. The smallest absolute Gasteiger partial charge is 0.323 e. The van der Waals surface area contributed by atoms with Gasteiger partial charge in [0.1, 0.15) is 13.2 Å². The van der Waals surface area contributed by atoms with E-state index in [2.05, 4.69) is 11.8 Å². The second-order valence-corrected chi connectivity index (χ2v) is 2.71. The van der Waals surface area contributed by atoms with Crippen molar-refractivity contribution in [2.75, 3.05) is 6.54 Å². The normalized spacial score (nSPS) is 12.6. The van der Waals surface area contributed by atoms with Gasteiger partial charge >= 0.3 is 5.97 Å². The molecule has 4 nitrogen and oxygen atoms in total. The summed E-state index contributed by atoms with van der Waals surface area (Å²) >= 11 is 0. The predicted octanol–water partition coefficient (Wildman–Crippen LogP) is 0.168. The molecule has 0 aliphatic carbocycles. The van der Waals surface area contributed by atoms with E-state index < -0.39 is 12.0 Å². The molecule has 0 heterocycles. The maximum atomic E-state index is 10.7. The molecule has 0 spiro atoms. The van der Waals surface area contributed by atoms with Gasteiger partial charge in [-0.25, -0.2) is 0 Å². The Morgan fingerprint density at radius 3 is 2.58 bits per heavy atom. The van der Waals surface area contributed by atoms with Crippen LogP contribution in [0, 0.1) is 7.11 Å². The Bertz CT molecular complexity index is 128. The number of esters is 1. The summed E-state index contributed by atoms with van der Waals surface area (Å²) < 4.78 is 4.23. The fourth-order valence-corrected chi connectivity index (χ4v) is 0.910. The number of rotatable bonds is 6. The minimum Gasteiger partial charge on any atom is -0.461 e. The fourth-order valence-electron chi connectivity index (χ4n) is 0.910. The molecular formula is C8H17N2O2. The molecule has 0 aromatic heterocycles. The number of nitrogens with two attached hydrogens (primary N) is 2. The molecule has 1 unspecified atom stereocenters. The van der Waals surface area contributed by atoms with Gasteiger partial charge in [-0.1, -0.05) is 12.8 Å². The summed E-state index contributed by atoms with van der Waals surface area (Å²) in [6.07, 6.45) is 3.54. The molecule has 0 bridgehead atoms. The number of carbonyl (C=O) groups excluding carboxylic acids is 1. The average molecular weight is 173 g/mol. The van der Waals surface area contributed by atoms with E-state index in [-0.39, 0.29) is 0 Å². The van der Waals surface area contributed by atoms with Gasteiger partial charge in [0.2, 0.25) is 0 Å². The summed E-state index contributed by atoms with van der Waals surface area (Å²) in [4.78, 5) is 10.7. The van der Waals surface area contributed by atoms with Crippen LogP contribution in [0.3, 0.4) is 0 Å². The van der Waals surface area contributed by atoms with Gasteiger partial charge in [0.15, 0.2) is 0 Å². The number of unbranched alkanes of at least 4 members (excludes halogenated alkanes) is 2. The van der Waals surface area contributed by atoms with E-state index in [0.29, 0.717) is 13.0 Å². The van der Waals surface area contributed by atoms with Gasteiger partial charge in [-0.2, -0.15) is 0 Å². The van der Waals surface area contributed by atoms with E-state index in [4.69, 9.17) is 11.5 Å². The molecule has 71 valence electrons. The molecule has 0 saturated carbocycles. The van der Waals surface area contributed by atoms with Crippen molar-refractivity contribution in [3.63, 3.8) is 0 Å². The van der Waals surface area contributed by atoms with Crippen LogP contribution in [0.1, 0.15) is 25.7 Å². The molecule has 4 N–H and O–H groups in total. The number of hydrogen-bond acceptors (Lipinski definition) is 4. The first kappa shape index (κ1) is 11.4. The molecule has 0 aromatic rings. The highest BCUT2D eigenvalue weighted by atomic mass is 16.5. The third-order valence-electron chi connectivity index (χ3n) is 1.66. The van der Waals surface area contributed by atoms with Crippen molar-refractivity contribution >= 4 is 5.97 Å². The molecule has 12 heavy (non-hydrogen) atoms. The second kappa shape index (κ2) is 7.06. The highest BCUT2D eigenvalue weighted by Gasteiger charge is 2.12. The van der Waals surface area contributed by atoms with Crippen LogP contribution >= 0.6 is 0 Å². The maximum Gasteiger partial charge on any atom is 0.323 e. The Kier molecular flexibility index (Phi) is 6.70. The van der Waals surface area contributed by atoms with Crippen molar-refractivity contribution < 1.29 is 9.53 Å². The predicted molar refractivity (Wildman–Crippen MR) is 46.9 cm³/mol. The van der Waals surface area contributed by atoms with Crippen LogP contribution in [-0.2, 0) is 9.53 Å². The van der Waals surface area contributed by atoms with Gasteiger partial charge < -0.3 is 16.2 Å². The largest absolute Gasteiger partial charge is 0.461 e. The first-order valence-electron chi connectivity index (χ1n) is 4.14. The minimum absolute atomic E-state index is 0.442. The van der Waals surface area contributed by atoms with E-state index in [1.165, 1.54) is 0 Å². The van der Waals surface area contributed by atoms with Gasteiger partial charge in [-0.05, 0) is 19.4 Å². The maximum absolute atomic E-state index is 10.7. The lowest BCUT2D eigenvalue weighted by molar-refractivity contribution is -0.140. The fraction of sp³-hybridized carbons (Fsp3) is 0.750. The van der Waals surface area contributed by atoms with Gasteiger partial charge in [0, 0.05) is 0 Å². The molecule has 1 radical (unpaired) electrons. The summed E-state index contributed by atoms with van der Waals surface area (Å²) in [5.41, 5.74) is 10.8. The van der Waals surface area contributed by atoms with E-state index in [0.717, 1.165) is 19.3 Å². The lowest BCUT2D eigenvalue weighted by atomic mass is 10.1. The van der Waals surface area contributed by atoms with Crippen molar-refractivity contribution in [1.82, 2.24) is 0 Å². The van der Waals surface area contributed by atoms with Gasteiger partial charge in [0.25, 0.3) is 0 Å². The second-order valence-electron chi connectivity index (χ2n) is 2.71. The van der Waals surface area contributed by atoms with E-state index in [1.54, 1.807) is 0 Å². The first-order valence-corrected chi connectivity index (χ1v) is 4.14. The summed E-state index contributed by atoms with van der Waals surface area (Å²) in [5.74, 6) is -0.442. The van der Waals surface area contributed by atoms with E-state index in [9.17, 15) is 4.79 Å². The lowest BCUT2D eigenvalue weighted by Gasteiger charge is -2.07. The van der Waals surface area contributed by atoms with Crippen molar-refractivity contribution in [2.24, 2.45) is 11.5 Å². The van der Waals surface area contributed by atoms with Gasteiger partial charge in [0.05, 0.1) is 0 Å². The van der Waals surface area contributed by atoms with Crippen molar-refractivity contribution in [3.05, 3.63) is 7.11 Å². The zero-order chi connectivity index (χ0) is 9.40. The molecule has 0 saturated heterocycles. The highest BCUT2D eigenvalue weighted by Crippen LogP contribution is 2.02. The Balaban J connectivity index is 3.31. The van der Waals surface area contributed by atoms with Gasteiger partial charge in [-0.15, -0.1) is 0 Å². The molecule has 4 heteroatoms. The van der Waals surface area contributed by atoms with Crippen LogP contribution in [0.4, 0.5) is 0 Å². The molecule has 0 rings (SSSR count). The van der Waals surface area contributed by atoms with Crippen LogP contribution < -0.4 is 11.5 Å². The first-order chi connectivity index (χ1) is 5.72. The van der Waals surface area contributed by atoms with Crippen molar-refractivity contribution in [1.29, 1.82) is 0 Å². The van der Waals surface area contributed by atoms with Crippen molar-refractivity contribution in [2.45, 2.75) is 31.7 Å². The zero-order valence-electron chi connectivity index (χ0n) is 7.29. The molecular weight excluding hydrogens is 156 g/mol. The Labute approximate surface area is 73.2 Å². The number of carbonyl (C=O) groups is 1. The molecule has 0 aliphatic rings. The van der Waals surface area contributed by atoms with Crippen LogP contribution in [0.25, 0.3) is 0 Å². The van der Waals surface area contributed by atoms with Crippen LogP contribution in [0.5, 0.6) is 0 Å². The standard InChI is InChI=1S/C8H17N2O2/c1-12-8(11)7(10)5-3-2-4-6-9/h7H,1-6,9-10H2. The quantitative estimate of drug-likeness (QED) is 0.443. The minimum atomic E-state index is -0.528. The zero-order valence-corrected chi connectivity index (χ0v) is 7.29. The summed E-state index contributed by atoms with van der Waals surface area (Å²) in [7, 11) is 3.00. The van der Waals surface area contributed by atoms with E-state index >= 15 is 0 Å². The average Bonchev–Trinajstić information content (AvgIpc) is 2.10. The molecule has 0 aromatic carbocycles. The van der Waals surface area contributed by atoms with Crippen LogP contribution in [0.2, 0.25) is 0 Å². The summed E-state index contributed by atoms with van der Waals surface area (Å²) in [6.45, 7) is 0.690. The third-order valence-corrected chi connectivity index (χ3v) is 1.66. The van der Waals surface area contributed by atoms with Gasteiger partial charge in [-0.3, -0.25) is 4.79 Å². The summed E-state index contributed by atoms with van der Waals surface area (Å²) in [5, 5.41) is 0. The molecule has 1 atom stereocenters. The Hall–Kier alpha value is -0.610. The summed E-state index contributed by atoms with van der Waals surface area (Å²) in [6, 6.07) is -0.528. The van der Waals surface area contributed by atoms with Crippen LogP contribution in [-0.4, -0.2) is 18.6 Å². The Morgan fingerprint density at radius 2 is 2.08 bits per heavy atom. The lowest BCUT2D eigenvalue weighted by Crippen LogP contribution is -2.30. The van der Waals surface area contributed by atoms with Crippen molar-refractivity contribution in [3.8, 4) is 0 Å². The highest BCUT2D eigenvalue weighted by molar-refractivity contribution is 5.75. The molecule has 0 aliphatic heterocycles. The van der Waals surface area contributed by atoms with E-state index in [1.807, 2.05) is 0 Å².